The molecule has 0 unspecified atom stereocenters. The predicted octanol–water partition coefficient (Wildman–Crippen LogP) is 2.60. The van der Waals surface area contributed by atoms with Crippen LogP contribution in [-0.4, -0.2) is 31.9 Å². The van der Waals surface area contributed by atoms with Crippen molar-refractivity contribution in [3.63, 3.8) is 0 Å². The van der Waals surface area contributed by atoms with E-state index in [9.17, 15) is 22.0 Å². The van der Waals surface area contributed by atoms with Crippen LogP contribution in [0.3, 0.4) is 0 Å². The van der Waals surface area contributed by atoms with Crippen LogP contribution in [0.15, 0.2) is 40.8 Å². The molecule has 9 heteroatoms. The molecule has 25 heavy (non-hydrogen) atoms. The van der Waals surface area contributed by atoms with Gasteiger partial charge in [-0.3, -0.25) is 4.79 Å². The number of hydrogen-bond acceptors (Lipinski definition) is 4. The molecule has 0 atom stereocenters. The summed E-state index contributed by atoms with van der Waals surface area (Å²) in [5.74, 6) is -1.83. The molecule has 6 nitrogen and oxygen atoms in total. The Hall–Kier alpha value is -2.52. The summed E-state index contributed by atoms with van der Waals surface area (Å²) in [5.41, 5.74) is -0.535. The summed E-state index contributed by atoms with van der Waals surface area (Å²) >= 11 is 0. The number of hydrogen-bond donors (Lipinski definition) is 1. The first-order chi connectivity index (χ1) is 11.7. The highest BCUT2D eigenvalue weighted by Gasteiger charge is 2.13. The van der Waals surface area contributed by atoms with Crippen LogP contribution in [0.25, 0.3) is 6.08 Å². The summed E-state index contributed by atoms with van der Waals surface area (Å²) in [4.78, 5) is 11.7. The van der Waals surface area contributed by atoms with Crippen molar-refractivity contribution in [3.8, 4) is 0 Å². The van der Waals surface area contributed by atoms with Crippen molar-refractivity contribution in [2.24, 2.45) is 0 Å². The summed E-state index contributed by atoms with van der Waals surface area (Å²) in [7, 11) is -1.93. The fraction of sp³-hybridized carbons (Fsp3) is 0.188. The second-order valence-electron chi connectivity index (χ2n) is 5.24. The molecule has 0 saturated carbocycles. The van der Waals surface area contributed by atoms with Gasteiger partial charge < -0.3 is 9.73 Å². The summed E-state index contributed by atoms with van der Waals surface area (Å²) in [6.07, 6.45) is 3.43. The number of carbonyl (C=O) groups is 1. The van der Waals surface area contributed by atoms with Gasteiger partial charge in [-0.15, -0.1) is 0 Å². The Morgan fingerprint density at radius 1 is 1.24 bits per heavy atom. The van der Waals surface area contributed by atoms with Gasteiger partial charge >= 0.3 is 0 Å². The first kappa shape index (κ1) is 18.8. The molecule has 2 rings (SSSR count). The Kier molecular flexibility index (Phi) is 5.70. The average Bonchev–Trinajstić information content (AvgIpc) is 2.96. The first-order valence-corrected chi connectivity index (χ1v) is 8.95. The van der Waals surface area contributed by atoms with Crippen LogP contribution >= 0.6 is 0 Å². The lowest BCUT2D eigenvalue weighted by atomic mass is 10.3. The lowest BCUT2D eigenvalue weighted by Crippen LogP contribution is -2.24. The second-order valence-corrected chi connectivity index (χ2v) is 7.33. The van der Waals surface area contributed by atoms with E-state index < -0.39 is 33.3 Å². The quantitative estimate of drug-likeness (QED) is 0.793. The molecule has 1 heterocycles. The van der Waals surface area contributed by atoms with Crippen molar-refractivity contribution in [2.75, 3.05) is 18.6 Å². The molecule has 1 amide bonds. The van der Waals surface area contributed by atoms with E-state index in [2.05, 4.69) is 5.32 Å². The van der Waals surface area contributed by atoms with Gasteiger partial charge in [0.05, 0.1) is 12.8 Å². The van der Waals surface area contributed by atoms with Gasteiger partial charge in [-0.1, -0.05) is 6.07 Å². The second kappa shape index (κ2) is 7.58. The Balaban J connectivity index is 2.01. The van der Waals surface area contributed by atoms with Crippen molar-refractivity contribution in [2.45, 2.75) is 6.54 Å². The van der Waals surface area contributed by atoms with Crippen molar-refractivity contribution >= 4 is 27.7 Å². The van der Waals surface area contributed by atoms with E-state index in [0.717, 1.165) is 28.8 Å². The third kappa shape index (κ3) is 5.23. The monoisotopic (exact) mass is 370 g/mol. The van der Waals surface area contributed by atoms with Gasteiger partial charge in [0, 0.05) is 13.1 Å². The SMILES string of the molecule is CN(Cc1ccc(/C=C/C(=O)Nc2c(F)cccc2F)o1)S(C)(=O)=O. The van der Waals surface area contributed by atoms with Crippen molar-refractivity contribution in [1.29, 1.82) is 0 Å². The van der Waals surface area contributed by atoms with Crippen LogP contribution in [-0.2, 0) is 21.4 Å². The molecule has 0 aliphatic heterocycles. The number of nitrogens with one attached hydrogen (secondary N) is 1. The van der Waals surface area contributed by atoms with E-state index in [1.807, 2.05) is 0 Å². The van der Waals surface area contributed by atoms with E-state index in [1.54, 1.807) is 12.1 Å². The van der Waals surface area contributed by atoms with Gasteiger partial charge in [0.1, 0.15) is 28.8 Å². The van der Waals surface area contributed by atoms with Crippen molar-refractivity contribution in [1.82, 2.24) is 4.31 Å². The maximum atomic E-state index is 13.4. The molecule has 0 aliphatic carbocycles. The highest BCUT2D eigenvalue weighted by Crippen LogP contribution is 2.18. The van der Waals surface area contributed by atoms with Crippen LogP contribution in [0, 0.1) is 11.6 Å². The molecular weight excluding hydrogens is 354 g/mol. The topological polar surface area (TPSA) is 79.6 Å². The van der Waals surface area contributed by atoms with Crippen molar-refractivity contribution in [3.05, 3.63) is 59.6 Å². The van der Waals surface area contributed by atoms with Crippen molar-refractivity contribution < 1.29 is 26.4 Å². The molecule has 2 aromatic rings. The molecule has 1 N–H and O–H groups in total. The zero-order valence-corrected chi connectivity index (χ0v) is 14.3. The molecule has 0 fully saturated rings. The Bertz CT molecular complexity index is 886. The average molecular weight is 370 g/mol. The van der Waals surface area contributed by atoms with Gasteiger partial charge in [-0.25, -0.2) is 17.2 Å². The Morgan fingerprint density at radius 2 is 1.88 bits per heavy atom. The molecule has 0 aliphatic rings. The van der Waals surface area contributed by atoms with E-state index in [-0.39, 0.29) is 6.54 Å². The lowest BCUT2D eigenvalue weighted by molar-refractivity contribution is -0.111. The number of rotatable bonds is 6. The number of halogens is 2. The van der Waals surface area contributed by atoms with Crippen LogP contribution in [0.1, 0.15) is 11.5 Å². The molecule has 0 radical (unpaired) electrons. The standard InChI is InChI=1S/C16H16F2N2O4S/c1-20(25(2,22)23)10-12-7-6-11(24-12)8-9-15(21)19-16-13(17)4-3-5-14(16)18/h3-9H,10H2,1-2H3,(H,19,21)/b9-8+. The number of amides is 1. The minimum Gasteiger partial charge on any atom is -0.460 e. The van der Waals surface area contributed by atoms with Crippen LogP contribution < -0.4 is 5.32 Å². The van der Waals surface area contributed by atoms with Crippen LogP contribution in [0.5, 0.6) is 0 Å². The number of anilines is 1. The van der Waals surface area contributed by atoms with Gasteiger partial charge in [-0.05, 0) is 30.3 Å². The molecule has 134 valence electrons. The highest BCUT2D eigenvalue weighted by molar-refractivity contribution is 7.88. The maximum absolute atomic E-state index is 13.4. The zero-order valence-electron chi connectivity index (χ0n) is 13.5. The number of para-hydroxylation sites is 1. The van der Waals surface area contributed by atoms with E-state index >= 15 is 0 Å². The minimum atomic E-state index is -3.34. The fourth-order valence-electron chi connectivity index (χ4n) is 1.85. The summed E-state index contributed by atoms with van der Waals surface area (Å²) in [6.45, 7) is 0.0410. The summed E-state index contributed by atoms with van der Waals surface area (Å²) < 4.78 is 56.1. The number of carbonyl (C=O) groups excluding carboxylic acids is 1. The first-order valence-electron chi connectivity index (χ1n) is 7.10. The Morgan fingerprint density at radius 3 is 2.48 bits per heavy atom. The third-order valence-electron chi connectivity index (χ3n) is 3.24. The van der Waals surface area contributed by atoms with Crippen LogP contribution in [0.4, 0.5) is 14.5 Å². The number of sulfonamides is 1. The highest BCUT2D eigenvalue weighted by atomic mass is 32.2. The largest absolute Gasteiger partial charge is 0.460 e. The molecule has 0 bridgehead atoms. The zero-order chi connectivity index (χ0) is 18.6. The van der Waals surface area contributed by atoms with E-state index in [4.69, 9.17) is 4.42 Å². The normalized spacial score (nSPS) is 12.0. The Labute approximate surface area is 143 Å². The number of nitrogens with zero attached hydrogens (tertiary/aromatic N) is 1. The molecule has 1 aromatic heterocycles. The lowest BCUT2D eigenvalue weighted by Gasteiger charge is -2.11. The fourth-order valence-corrected chi connectivity index (χ4v) is 2.21. The molecular formula is C16H16F2N2O4S. The maximum Gasteiger partial charge on any atom is 0.248 e. The predicted molar refractivity (Wildman–Crippen MR) is 89.0 cm³/mol. The summed E-state index contributed by atoms with van der Waals surface area (Å²) in [6, 6.07) is 6.35. The van der Waals surface area contributed by atoms with Gasteiger partial charge in [0.2, 0.25) is 15.9 Å². The van der Waals surface area contributed by atoms with Gasteiger partial charge in [0.25, 0.3) is 0 Å². The van der Waals surface area contributed by atoms with E-state index in [0.29, 0.717) is 11.5 Å². The molecule has 0 saturated heterocycles. The molecule has 1 aromatic carbocycles. The number of benzene rings is 1. The minimum absolute atomic E-state index is 0.0410. The summed E-state index contributed by atoms with van der Waals surface area (Å²) in [5, 5.41) is 2.10. The number of furan rings is 1. The van der Waals surface area contributed by atoms with E-state index in [1.165, 1.54) is 19.2 Å². The van der Waals surface area contributed by atoms with Gasteiger partial charge in [-0.2, -0.15) is 4.31 Å². The third-order valence-corrected chi connectivity index (χ3v) is 4.50. The van der Waals surface area contributed by atoms with Crippen LogP contribution in [0.2, 0.25) is 0 Å². The van der Waals surface area contributed by atoms with Gasteiger partial charge in [0.15, 0.2) is 0 Å². The smallest absolute Gasteiger partial charge is 0.248 e. The molecule has 0 spiro atoms.